The van der Waals surface area contributed by atoms with Crippen molar-refractivity contribution in [3.8, 4) is 0 Å². The molecule has 0 aromatic carbocycles. The second-order valence-electron chi connectivity index (χ2n) is 3.92. The molecule has 0 aliphatic carbocycles. The second kappa shape index (κ2) is 5.38. The molecule has 100 valence electrons. The maximum Gasteiger partial charge on any atom is 0.360 e. The van der Waals surface area contributed by atoms with Gasteiger partial charge in [0.1, 0.15) is 0 Å². The van der Waals surface area contributed by atoms with Gasteiger partial charge in [-0.25, -0.2) is 4.79 Å². The molecule has 2 rings (SSSR count). The highest BCUT2D eigenvalue weighted by Crippen LogP contribution is 2.10. The van der Waals surface area contributed by atoms with E-state index in [4.69, 9.17) is 5.73 Å². The van der Waals surface area contributed by atoms with E-state index in [0.29, 0.717) is 13.1 Å². The van der Waals surface area contributed by atoms with E-state index in [-0.39, 0.29) is 16.9 Å². The number of anilines is 1. The van der Waals surface area contributed by atoms with Crippen molar-refractivity contribution in [1.29, 1.82) is 0 Å². The fourth-order valence-electron chi connectivity index (χ4n) is 1.66. The van der Waals surface area contributed by atoms with Gasteiger partial charge in [0.15, 0.2) is 5.69 Å². The van der Waals surface area contributed by atoms with Crippen LogP contribution in [0.15, 0.2) is 35.4 Å². The second-order valence-corrected chi connectivity index (χ2v) is 3.92. The van der Waals surface area contributed by atoms with Crippen molar-refractivity contribution in [1.82, 2.24) is 14.3 Å². The Balaban J connectivity index is 2.11. The van der Waals surface area contributed by atoms with Crippen LogP contribution >= 0.6 is 0 Å². The monoisotopic (exact) mass is 262 g/mol. The molecule has 0 aliphatic heterocycles. The summed E-state index contributed by atoms with van der Waals surface area (Å²) in [5.74, 6) is -0.576. The molecule has 0 atom stereocenters. The molecule has 2 N–H and O–H groups in total. The number of pyridine rings is 1. The third-order valence-corrected chi connectivity index (χ3v) is 2.64. The van der Waals surface area contributed by atoms with Gasteiger partial charge < -0.3 is 15.0 Å². The number of carbonyl (C=O) groups is 1. The lowest BCUT2D eigenvalue weighted by Crippen LogP contribution is -2.20. The lowest BCUT2D eigenvalue weighted by molar-refractivity contribution is 0.0594. The molecule has 0 saturated carbocycles. The zero-order valence-corrected chi connectivity index (χ0v) is 10.4. The zero-order valence-electron chi connectivity index (χ0n) is 10.4. The van der Waals surface area contributed by atoms with E-state index in [9.17, 15) is 9.59 Å². The Morgan fingerprint density at radius 3 is 2.89 bits per heavy atom. The fraction of sp³-hybridized carbons (Fsp3) is 0.250. The first-order valence-corrected chi connectivity index (χ1v) is 5.68. The van der Waals surface area contributed by atoms with Crippen LogP contribution in [0.5, 0.6) is 0 Å². The Bertz CT molecular complexity index is 644. The van der Waals surface area contributed by atoms with E-state index < -0.39 is 5.97 Å². The number of nitrogen functional groups attached to an aromatic ring is 1. The van der Waals surface area contributed by atoms with Gasteiger partial charge in [0.05, 0.1) is 19.3 Å². The maximum absolute atomic E-state index is 11.5. The van der Waals surface area contributed by atoms with Gasteiger partial charge in [0.2, 0.25) is 0 Å². The number of hydrogen-bond donors (Lipinski definition) is 1. The van der Waals surface area contributed by atoms with E-state index in [1.165, 1.54) is 17.9 Å². The minimum absolute atomic E-state index is 0.0860. The summed E-state index contributed by atoms with van der Waals surface area (Å²) in [6.07, 6.45) is 3.23. The molecule has 0 fully saturated rings. The van der Waals surface area contributed by atoms with Crippen LogP contribution in [0.3, 0.4) is 0 Å². The third-order valence-electron chi connectivity index (χ3n) is 2.64. The summed E-state index contributed by atoms with van der Waals surface area (Å²) < 4.78 is 7.63. The quantitative estimate of drug-likeness (QED) is 0.790. The zero-order chi connectivity index (χ0) is 13.8. The highest BCUT2D eigenvalue weighted by atomic mass is 16.5. The van der Waals surface area contributed by atoms with Gasteiger partial charge >= 0.3 is 5.97 Å². The Morgan fingerprint density at radius 2 is 2.21 bits per heavy atom. The number of nitrogens with two attached hydrogens (primary N) is 1. The topological polar surface area (TPSA) is 92.1 Å². The number of esters is 1. The fourth-order valence-corrected chi connectivity index (χ4v) is 1.66. The Kier molecular flexibility index (Phi) is 3.65. The lowest BCUT2D eigenvalue weighted by atomic mass is 10.4. The highest BCUT2D eigenvalue weighted by Gasteiger charge is 2.14. The lowest BCUT2D eigenvalue weighted by Gasteiger charge is -2.04. The van der Waals surface area contributed by atoms with Crippen LogP contribution in [0.4, 0.5) is 5.69 Å². The van der Waals surface area contributed by atoms with E-state index in [2.05, 4.69) is 9.84 Å². The molecule has 2 aromatic heterocycles. The van der Waals surface area contributed by atoms with Gasteiger partial charge in [-0.15, -0.1) is 0 Å². The predicted molar refractivity (Wildman–Crippen MR) is 68.7 cm³/mol. The van der Waals surface area contributed by atoms with Crippen LogP contribution in [0.25, 0.3) is 0 Å². The summed E-state index contributed by atoms with van der Waals surface area (Å²) in [5, 5.41) is 4.03. The van der Waals surface area contributed by atoms with Crippen molar-refractivity contribution in [2.75, 3.05) is 12.8 Å². The SMILES string of the molecule is COC(=O)c1nn(CCn2ccccc2=O)cc1N. The van der Waals surface area contributed by atoms with Gasteiger partial charge in [-0.05, 0) is 6.07 Å². The normalized spacial score (nSPS) is 10.4. The Morgan fingerprint density at radius 1 is 1.42 bits per heavy atom. The number of methoxy groups -OCH3 is 1. The number of nitrogens with zero attached hydrogens (tertiary/aromatic N) is 3. The van der Waals surface area contributed by atoms with E-state index in [0.717, 1.165) is 0 Å². The van der Waals surface area contributed by atoms with Crippen LogP contribution in [0.2, 0.25) is 0 Å². The van der Waals surface area contributed by atoms with E-state index in [1.54, 1.807) is 29.1 Å². The van der Waals surface area contributed by atoms with Crippen molar-refractivity contribution in [2.24, 2.45) is 0 Å². The number of aromatic nitrogens is 3. The molecule has 2 heterocycles. The standard InChI is InChI=1S/C12H14N4O3/c1-19-12(18)11-9(13)8-16(14-11)7-6-15-5-3-2-4-10(15)17/h2-5,8H,6-7,13H2,1H3. The average molecular weight is 262 g/mol. The first-order valence-electron chi connectivity index (χ1n) is 5.68. The molecule has 0 aliphatic rings. The molecular formula is C12H14N4O3. The third kappa shape index (κ3) is 2.82. The molecular weight excluding hydrogens is 248 g/mol. The molecule has 0 radical (unpaired) electrons. The first kappa shape index (κ1) is 12.9. The number of carbonyl (C=O) groups excluding carboxylic acids is 1. The van der Waals surface area contributed by atoms with Crippen LogP contribution in [0, 0.1) is 0 Å². The number of ether oxygens (including phenoxy) is 1. The molecule has 7 nitrogen and oxygen atoms in total. The van der Waals surface area contributed by atoms with Crippen molar-refractivity contribution in [3.05, 3.63) is 46.6 Å². The predicted octanol–water partition coefficient (Wildman–Crippen LogP) is 0.114. The minimum Gasteiger partial charge on any atom is -0.464 e. The molecule has 2 aromatic rings. The van der Waals surface area contributed by atoms with Gasteiger partial charge in [0.25, 0.3) is 5.56 Å². The van der Waals surface area contributed by atoms with Crippen LogP contribution in [-0.2, 0) is 17.8 Å². The minimum atomic E-state index is -0.576. The summed E-state index contributed by atoms with van der Waals surface area (Å²) in [6, 6.07) is 4.94. The largest absolute Gasteiger partial charge is 0.464 e. The van der Waals surface area contributed by atoms with Crippen LogP contribution in [0.1, 0.15) is 10.5 Å². The molecule has 19 heavy (non-hydrogen) atoms. The summed E-state index contributed by atoms with van der Waals surface area (Å²) >= 11 is 0. The molecule has 0 spiro atoms. The summed E-state index contributed by atoms with van der Waals surface area (Å²) in [6.45, 7) is 0.881. The number of aryl methyl sites for hydroxylation is 2. The van der Waals surface area contributed by atoms with Gasteiger partial charge in [-0.1, -0.05) is 6.07 Å². The molecule has 0 amide bonds. The van der Waals surface area contributed by atoms with Crippen molar-refractivity contribution < 1.29 is 9.53 Å². The molecule has 0 bridgehead atoms. The van der Waals surface area contributed by atoms with Gasteiger partial charge in [-0.2, -0.15) is 5.10 Å². The van der Waals surface area contributed by atoms with Crippen LogP contribution < -0.4 is 11.3 Å². The molecule has 0 unspecified atom stereocenters. The number of rotatable bonds is 4. The van der Waals surface area contributed by atoms with Crippen molar-refractivity contribution in [3.63, 3.8) is 0 Å². The van der Waals surface area contributed by atoms with E-state index in [1.807, 2.05) is 0 Å². The maximum atomic E-state index is 11.5. The van der Waals surface area contributed by atoms with Crippen molar-refractivity contribution in [2.45, 2.75) is 13.1 Å². The highest BCUT2D eigenvalue weighted by molar-refractivity contribution is 5.92. The smallest absolute Gasteiger partial charge is 0.360 e. The summed E-state index contributed by atoms with van der Waals surface area (Å²) in [7, 11) is 1.27. The first-order chi connectivity index (χ1) is 9.11. The summed E-state index contributed by atoms with van der Waals surface area (Å²) in [4.78, 5) is 22.8. The Hall–Kier alpha value is -2.57. The molecule has 0 saturated heterocycles. The summed E-state index contributed by atoms with van der Waals surface area (Å²) in [5.41, 5.74) is 5.92. The molecule has 7 heteroatoms. The number of hydrogen-bond acceptors (Lipinski definition) is 5. The van der Waals surface area contributed by atoms with Gasteiger partial charge in [-0.3, -0.25) is 9.48 Å². The Labute approximate surface area is 109 Å². The van der Waals surface area contributed by atoms with Crippen LogP contribution in [-0.4, -0.2) is 27.4 Å². The van der Waals surface area contributed by atoms with Crippen molar-refractivity contribution >= 4 is 11.7 Å². The average Bonchev–Trinajstić information content (AvgIpc) is 2.78. The van der Waals surface area contributed by atoms with E-state index >= 15 is 0 Å². The van der Waals surface area contributed by atoms with Gasteiger partial charge in [0, 0.05) is 25.0 Å².